The van der Waals surface area contributed by atoms with Crippen molar-refractivity contribution in [3.05, 3.63) is 18.2 Å². The first-order chi connectivity index (χ1) is 9.04. The highest BCUT2D eigenvalue weighted by Gasteiger charge is 2.18. The number of rotatable bonds is 8. The third kappa shape index (κ3) is 5.34. The Morgan fingerprint density at radius 1 is 1.58 bits per heavy atom. The molecule has 0 saturated heterocycles. The molecule has 0 aliphatic rings. The van der Waals surface area contributed by atoms with Crippen LogP contribution in [0.15, 0.2) is 12.5 Å². The van der Waals surface area contributed by atoms with Crippen molar-refractivity contribution in [1.29, 1.82) is 0 Å². The molecule has 19 heavy (non-hydrogen) atoms. The topological polar surface area (TPSA) is 84.2 Å². The molecule has 0 saturated carbocycles. The molecule has 2 N–H and O–H groups in total. The molecule has 1 heterocycles. The summed E-state index contributed by atoms with van der Waals surface area (Å²) < 4.78 is 2.06. The summed E-state index contributed by atoms with van der Waals surface area (Å²) in [6, 6.07) is -0.843. The molecule has 0 aromatic carbocycles. The van der Waals surface area contributed by atoms with Gasteiger partial charge in [-0.05, 0) is 6.42 Å². The van der Waals surface area contributed by atoms with Crippen molar-refractivity contribution >= 4 is 23.6 Å². The zero-order valence-corrected chi connectivity index (χ0v) is 11.9. The zero-order valence-electron chi connectivity index (χ0n) is 11.1. The van der Waals surface area contributed by atoms with E-state index in [1.807, 2.05) is 0 Å². The highest BCUT2D eigenvalue weighted by atomic mass is 32.2. The number of carboxylic acids is 1. The third-order valence-electron chi connectivity index (χ3n) is 2.47. The van der Waals surface area contributed by atoms with Gasteiger partial charge in [-0.15, -0.1) is 0 Å². The van der Waals surface area contributed by atoms with Crippen molar-refractivity contribution in [2.24, 2.45) is 0 Å². The van der Waals surface area contributed by atoms with E-state index in [0.717, 1.165) is 18.7 Å². The van der Waals surface area contributed by atoms with Crippen LogP contribution < -0.4 is 5.32 Å². The normalized spacial score (nSPS) is 12.1. The van der Waals surface area contributed by atoms with Gasteiger partial charge in [0.1, 0.15) is 6.04 Å². The lowest BCUT2D eigenvalue weighted by atomic mass is 10.3. The van der Waals surface area contributed by atoms with Gasteiger partial charge in [0.05, 0.1) is 6.33 Å². The second-order valence-corrected chi connectivity index (χ2v) is 5.22. The van der Waals surface area contributed by atoms with E-state index in [9.17, 15) is 9.59 Å². The average molecular weight is 285 g/mol. The molecule has 0 radical (unpaired) electrons. The third-order valence-corrected chi connectivity index (χ3v) is 3.54. The first-order valence-electron chi connectivity index (χ1n) is 6.11. The van der Waals surface area contributed by atoms with Crippen molar-refractivity contribution in [1.82, 2.24) is 14.9 Å². The predicted molar refractivity (Wildman–Crippen MR) is 73.9 cm³/mol. The number of aromatic nitrogens is 2. The summed E-state index contributed by atoms with van der Waals surface area (Å²) in [5.41, 5.74) is 1.07. The van der Waals surface area contributed by atoms with Crippen LogP contribution in [0, 0.1) is 0 Å². The molecule has 0 aliphatic heterocycles. The minimum Gasteiger partial charge on any atom is -0.480 e. The Morgan fingerprint density at radius 2 is 2.32 bits per heavy atom. The quantitative estimate of drug-likeness (QED) is 0.747. The van der Waals surface area contributed by atoms with Crippen LogP contribution in [-0.4, -0.2) is 38.3 Å². The van der Waals surface area contributed by atoms with E-state index in [2.05, 4.69) is 21.8 Å². The molecular weight excluding hydrogens is 266 g/mol. The summed E-state index contributed by atoms with van der Waals surface area (Å²) >= 11 is 1.47. The van der Waals surface area contributed by atoms with Gasteiger partial charge < -0.3 is 15.0 Å². The van der Waals surface area contributed by atoms with Gasteiger partial charge in [-0.1, -0.05) is 6.92 Å². The Labute approximate surface area is 116 Å². The number of nitrogens with one attached hydrogen (secondary N) is 1. The summed E-state index contributed by atoms with van der Waals surface area (Å²) in [5.74, 6) is -0.316. The highest BCUT2D eigenvalue weighted by molar-refractivity contribution is 7.98. The molecule has 0 spiro atoms. The van der Waals surface area contributed by atoms with Crippen LogP contribution in [0.1, 0.15) is 26.0 Å². The van der Waals surface area contributed by atoms with Gasteiger partial charge in [0.2, 0.25) is 5.91 Å². The molecule has 1 amide bonds. The molecule has 0 aliphatic carbocycles. The van der Waals surface area contributed by atoms with Crippen molar-refractivity contribution in [2.45, 2.75) is 38.6 Å². The molecule has 7 heteroatoms. The largest absolute Gasteiger partial charge is 0.480 e. The summed E-state index contributed by atoms with van der Waals surface area (Å²) in [7, 11) is 0. The van der Waals surface area contributed by atoms with Gasteiger partial charge in [0, 0.05) is 36.9 Å². The number of imidazole rings is 1. The SMILES string of the molecule is CCCn1cncc1CSC[C@H](NC(C)=O)C(=O)O. The molecule has 1 atom stereocenters. The number of thioether (sulfide) groups is 1. The molecule has 6 nitrogen and oxygen atoms in total. The monoisotopic (exact) mass is 285 g/mol. The van der Waals surface area contributed by atoms with E-state index in [0.29, 0.717) is 11.5 Å². The fourth-order valence-corrected chi connectivity index (χ4v) is 2.64. The molecule has 1 aromatic heterocycles. The number of hydrogen-bond acceptors (Lipinski definition) is 4. The first-order valence-corrected chi connectivity index (χ1v) is 7.26. The van der Waals surface area contributed by atoms with E-state index in [1.165, 1.54) is 18.7 Å². The van der Waals surface area contributed by atoms with Gasteiger partial charge in [-0.3, -0.25) is 4.79 Å². The Hall–Kier alpha value is -1.50. The predicted octanol–water partition coefficient (Wildman–Crippen LogP) is 1.12. The maximum absolute atomic E-state index is 11.0. The number of amides is 1. The number of carbonyl (C=O) groups excluding carboxylic acids is 1. The lowest BCUT2D eigenvalue weighted by molar-refractivity contribution is -0.140. The molecule has 1 rings (SSSR count). The van der Waals surface area contributed by atoms with E-state index in [-0.39, 0.29) is 5.91 Å². The van der Waals surface area contributed by atoms with Crippen LogP contribution >= 0.6 is 11.8 Å². The summed E-state index contributed by atoms with van der Waals surface area (Å²) in [4.78, 5) is 25.9. The number of carbonyl (C=O) groups is 2. The minimum atomic E-state index is -1.01. The number of nitrogens with zero attached hydrogens (tertiary/aromatic N) is 2. The minimum absolute atomic E-state index is 0.330. The van der Waals surface area contributed by atoms with Crippen molar-refractivity contribution < 1.29 is 14.7 Å². The van der Waals surface area contributed by atoms with Crippen LogP contribution in [0.5, 0.6) is 0 Å². The molecule has 0 bridgehead atoms. The lowest BCUT2D eigenvalue weighted by Crippen LogP contribution is -2.41. The van der Waals surface area contributed by atoms with Gasteiger partial charge in [0.25, 0.3) is 0 Å². The van der Waals surface area contributed by atoms with E-state index in [4.69, 9.17) is 5.11 Å². The maximum atomic E-state index is 11.0. The van der Waals surface area contributed by atoms with E-state index < -0.39 is 12.0 Å². The van der Waals surface area contributed by atoms with Gasteiger partial charge in [-0.25, -0.2) is 9.78 Å². The highest BCUT2D eigenvalue weighted by Crippen LogP contribution is 2.13. The Kier molecular flexibility index (Phi) is 6.41. The molecule has 0 fully saturated rings. The number of carboxylic acid groups (broad SMARTS) is 1. The smallest absolute Gasteiger partial charge is 0.327 e. The fraction of sp³-hybridized carbons (Fsp3) is 0.583. The second-order valence-electron chi connectivity index (χ2n) is 4.18. The molecule has 106 valence electrons. The molecular formula is C12H19N3O3S. The Balaban J connectivity index is 2.45. The van der Waals surface area contributed by atoms with Crippen LogP contribution in [0.3, 0.4) is 0 Å². The Morgan fingerprint density at radius 3 is 2.89 bits per heavy atom. The van der Waals surface area contributed by atoms with Crippen LogP contribution in [0.2, 0.25) is 0 Å². The molecule has 0 unspecified atom stereocenters. The first kappa shape index (κ1) is 15.6. The maximum Gasteiger partial charge on any atom is 0.327 e. The second kappa shape index (κ2) is 7.83. The van der Waals surface area contributed by atoms with Gasteiger partial charge in [0.15, 0.2) is 0 Å². The number of aliphatic carboxylic acids is 1. The molecule has 1 aromatic rings. The zero-order chi connectivity index (χ0) is 14.3. The lowest BCUT2D eigenvalue weighted by Gasteiger charge is -2.13. The van der Waals surface area contributed by atoms with Crippen molar-refractivity contribution in [3.8, 4) is 0 Å². The fourth-order valence-electron chi connectivity index (χ4n) is 1.61. The van der Waals surface area contributed by atoms with Gasteiger partial charge in [-0.2, -0.15) is 11.8 Å². The van der Waals surface area contributed by atoms with E-state index in [1.54, 1.807) is 12.5 Å². The summed E-state index contributed by atoms with van der Waals surface area (Å²) in [6.45, 7) is 4.31. The van der Waals surface area contributed by atoms with Gasteiger partial charge >= 0.3 is 5.97 Å². The Bertz CT molecular complexity index is 434. The van der Waals surface area contributed by atoms with Crippen molar-refractivity contribution in [2.75, 3.05) is 5.75 Å². The van der Waals surface area contributed by atoms with Crippen LogP contribution in [-0.2, 0) is 21.9 Å². The van der Waals surface area contributed by atoms with E-state index >= 15 is 0 Å². The average Bonchev–Trinajstić information content (AvgIpc) is 2.75. The van der Waals surface area contributed by atoms with Crippen LogP contribution in [0.25, 0.3) is 0 Å². The van der Waals surface area contributed by atoms with Crippen molar-refractivity contribution in [3.63, 3.8) is 0 Å². The summed E-state index contributed by atoms with van der Waals surface area (Å²) in [6.07, 6.45) is 4.59. The van der Waals surface area contributed by atoms with Crippen LogP contribution in [0.4, 0.5) is 0 Å². The summed E-state index contributed by atoms with van der Waals surface area (Å²) in [5, 5.41) is 11.4. The standard InChI is InChI=1S/C12H19N3O3S/c1-3-4-15-8-13-5-10(15)6-19-7-11(12(17)18)14-9(2)16/h5,8,11H,3-4,6-7H2,1-2H3,(H,14,16)(H,17,18)/t11-/m0/s1. The number of aryl methyl sites for hydroxylation is 1. The number of hydrogen-bond donors (Lipinski definition) is 2.